The Kier molecular flexibility index (Phi) is 8.60. The molecule has 0 radical (unpaired) electrons. The van der Waals surface area contributed by atoms with Crippen molar-refractivity contribution in [3.8, 4) is 0 Å². The summed E-state index contributed by atoms with van der Waals surface area (Å²) in [6.07, 6.45) is 8.98. The molecule has 8 nitrogen and oxygen atoms in total. The standard InChI is InChI=1S/C28H33N3O5/c1-2-20-12-14-21(15-13-20)26(28(34)30-22-8-4-3-5-9-22)31(19-23-10-6-16-35-23)25(32)18-29-27(33)24-11-7-17-36-24/h6-7,10-17,22,26H,2-5,8-9,18-19H2,1H3,(H,29,33)(H,30,34)/t26-/m0/s1. The lowest BCUT2D eigenvalue weighted by Crippen LogP contribution is -2.49. The van der Waals surface area contributed by atoms with E-state index in [0.717, 1.165) is 37.7 Å². The summed E-state index contributed by atoms with van der Waals surface area (Å²) < 4.78 is 10.6. The topological polar surface area (TPSA) is 105 Å². The number of furan rings is 2. The molecule has 0 unspecified atom stereocenters. The van der Waals surface area contributed by atoms with E-state index in [0.29, 0.717) is 11.3 Å². The average molecular weight is 492 g/mol. The number of nitrogens with zero attached hydrogens (tertiary/aromatic N) is 1. The van der Waals surface area contributed by atoms with E-state index in [1.807, 2.05) is 24.3 Å². The van der Waals surface area contributed by atoms with Gasteiger partial charge < -0.3 is 24.4 Å². The van der Waals surface area contributed by atoms with Crippen LogP contribution in [0, 0.1) is 0 Å². The minimum absolute atomic E-state index is 0.0841. The Morgan fingerprint density at radius 3 is 2.33 bits per heavy atom. The lowest BCUT2D eigenvalue weighted by molar-refractivity contribution is -0.141. The molecule has 1 aliphatic rings. The molecule has 1 atom stereocenters. The molecule has 1 saturated carbocycles. The molecule has 2 N–H and O–H groups in total. The van der Waals surface area contributed by atoms with E-state index in [-0.39, 0.29) is 30.8 Å². The van der Waals surface area contributed by atoms with Gasteiger partial charge in [-0.1, -0.05) is 50.5 Å². The summed E-state index contributed by atoms with van der Waals surface area (Å²) >= 11 is 0. The van der Waals surface area contributed by atoms with E-state index in [2.05, 4.69) is 17.6 Å². The van der Waals surface area contributed by atoms with Crippen molar-refractivity contribution in [1.82, 2.24) is 15.5 Å². The molecule has 1 fully saturated rings. The second kappa shape index (κ2) is 12.2. The van der Waals surface area contributed by atoms with Crippen molar-refractivity contribution >= 4 is 17.7 Å². The first kappa shape index (κ1) is 25.3. The highest BCUT2D eigenvalue weighted by Crippen LogP contribution is 2.26. The summed E-state index contributed by atoms with van der Waals surface area (Å²) in [4.78, 5) is 41.1. The summed E-state index contributed by atoms with van der Waals surface area (Å²) in [7, 11) is 0. The van der Waals surface area contributed by atoms with E-state index in [9.17, 15) is 14.4 Å². The SMILES string of the molecule is CCc1ccc([C@@H](C(=O)NC2CCCCC2)N(Cc2ccco2)C(=O)CNC(=O)c2ccco2)cc1. The average Bonchev–Trinajstić information content (AvgIpc) is 3.62. The maximum absolute atomic E-state index is 13.7. The lowest BCUT2D eigenvalue weighted by atomic mass is 9.94. The zero-order valence-electron chi connectivity index (χ0n) is 20.6. The van der Waals surface area contributed by atoms with Crippen LogP contribution in [0.25, 0.3) is 0 Å². The van der Waals surface area contributed by atoms with Gasteiger partial charge >= 0.3 is 0 Å². The van der Waals surface area contributed by atoms with Crippen molar-refractivity contribution in [2.75, 3.05) is 6.54 Å². The number of hydrogen-bond acceptors (Lipinski definition) is 5. The molecule has 0 spiro atoms. The van der Waals surface area contributed by atoms with Gasteiger partial charge in [0.1, 0.15) is 11.8 Å². The maximum atomic E-state index is 13.7. The second-order valence-electron chi connectivity index (χ2n) is 9.10. The summed E-state index contributed by atoms with van der Waals surface area (Å²) in [5, 5.41) is 5.79. The zero-order chi connectivity index (χ0) is 25.3. The molecular weight excluding hydrogens is 458 g/mol. The molecule has 0 saturated heterocycles. The van der Waals surface area contributed by atoms with Crippen molar-refractivity contribution < 1.29 is 23.2 Å². The largest absolute Gasteiger partial charge is 0.467 e. The molecule has 3 amide bonds. The fourth-order valence-corrected chi connectivity index (χ4v) is 4.58. The molecule has 190 valence electrons. The van der Waals surface area contributed by atoms with Gasteiger partial charge in [0, 0.05) is 6.04 Å². The van der Waals surface area contributed by atoms with Gasteiger partial charge in [0.15, 0.2) is 5.76 Å². The minimum atomic E-state index is -0.879. The van der Waals surface area contributed by atoms with Crippen LogP contribution >= 0.6 is 0 Å². The van der Waals surface area contributed by atoms with E-state index < -0.39 is 17.9 Å². The summed E-state index contributed by atoms with van der Waals surface area (Å²) in [5.41, 5.74) is 1.84. The van der Waals surface area contributed by atoms with Crippen molar-refractivity contribution in [3.63, 3.8) is 0 Å². The number of carbonyl (C=O) groups is 3. The monoisotopic (exact) mass is 491 g/mol. The predicted molar refractivity (Wildman–Crippen MR) is 134 cm³/mol. The van der Waals surface area contributed by atoms with Crippen LogP contribution in [-0.2, 0) is 22.6 Å². The normalized spacial score (nSPS) is 14.7. The molecule has 2 aromatic heterocycles. The van der Waals surface area contributed by atoms with Gasteiger partial charge in [-0.25, -0.2) is 0 Å². The quantitative estimate of drug-likeness (QED) is 0.438. The number of rotatable bonds is 10. The zero-order valence-corrected chi connectivity index (χ0v) is 20.6. The third kappa shape index (κ3) is 6.44. The van der Waals surface area contributed by atoms with Crippen LogP contribution in [-0.4, -0.2) is 35.2 Å². The summed E-state index contributed by atoms with van der Waals surface area (Å²) in [5.74, 6) is -0.483. The number of benzene rings is 1. The molecular formula is C28H33N3O5. The second-order valence-corrected chi connectivity index (χ2v) is 9.10. The van der Waals surface area contributed by atoms with Crippen LogP contribution in [0.15, 0.2) is 69.9 Å². The lowest BCUT2D eigenvalue weighted by Gasteiger charge is -2.33. The van der Waals surface area contributed by atoms with E-state index >= 15 is 0 Å². The van der Waals surface area contributed by atoms with Crippen LogP contribution in [0.3, 0.4) is 0 Å². The molecule has 4 rings (SSSR count). The molecule has 36 heavy (non-hydrogen) atoms. The highest BCUT2D eigenvalue weighted by molar-refractivity contribution is 5.95. The van der Waals surface area contributed by atoms with Crippen molar-refractivity contribution in [3.05, 3.63) is 83.7 Å². The van der Waals surface area contributed by atoms with Crippen LogP contribution in [0.5, 0.6) is 0 Å². The number of hydrogen-bond donors (Lipinski definition) is 2. The third-order valence-corrected chi connectivity index (χ3v) is 6.59. The first-order valence-electron chi connectivity index (χ1n) is 12.6. The Hall–Kier alpha value is -3.81. The molecule has 2 heterocycles. The van der Waals surface area contributed by atoms with Gasteiger partial charge in [-0.2, -0.15) is 0 Å². The third-order valence-electron chi connectivity index (χ3n) is 6.59. The van der Waals surface area contributed by atoms with Gasteiger partial charge in [-0.3, -0.25) is 14.4 Å². The smallest absolute Gasteiger partial charge is 0.287 e. The number of nitrogens with one attached hydrogen (secondary N) is 2. The fourth-order valence-electron chi connectivity index (χ4n) is 4.58. The van der Waals surface area contributed by atoms with Gasteiger partial charge in [0.2, 0.25) is 11.8 Å². The van der Waals surface area contributed by atoms with Crippen LogP contribution in [0.4, 0.5) is 0 Å². The number of amides is 3. The van der Waals surface area contributed by atoms with Gasteiger partial charge in [-0.05, 0) is 54.7 Å². The summed E-state index contributed by atoms with van der Waals surface area (Å²) in [6.45, 7) is 1.86. The van der Waals surface area contributed by atoms with Crippen molar-refractivity contribution in [2.45, 2.75) is 64.1 Å². The maximum Gasteiger partial charge on any atom is 0.287 e. The highest BCUT2D eigenvalue weighted by Gasteiger charge is 2.33. The summed E-state index contributed by atoms with van der Waals surface area (Å²) in [6, 6.07) is 13.6. The minimum Gasteiger partial charge on any atom is -0.467 e. The molecule has 0 bridgehead atoms. The Bertz CT molecular complexity index is 1120. The number of carbonyl (C=O) groups excluding carboxylic acids is 3. The van der Waals surface area contributed by atoms with Crippen molar-refractivity contribution in [2.24, 2.45) is 0 Å². The molecule has 3 aromatic rings. The Morgan fingerprint density at radius 2 is 1.69 bits per heavy atom. The van der Waals surface area contributed by atoms with Crippen molar-refractivity contribution in [1.29, 1.82) is 0 Å². The molecule has 1 aliphatic carbocycles. The fraction of sp³-hybridized carbons (Fsp3) is 0.393. The number of aryl methyl sites for hydroxylation is 1. The highest BCUT2D eigenvalue weighted by atomic mass is 16.3. The van der Waals surface area contributed by atoms with E-state index in [1.165, 1.54) is 29.9 Å². The van der Waals surface area contributed by atoms with Crippen LogP contribution in [0.2, 0.25) is 0 Å². The first-order valence-corrected chi connectivity index (χ1v) is 12.6. The van der Waals surface area contributed by atoms with E-state index in [4.69, 9.17) is 8.83 Å². The molecule has 0 aliphatic heterocycles. The van der Waals surface area contributed by atoms with E-state index in [1.54, 1.807) is 18.2 Å². The van der Waals surface area contributed by atoms with Crippen LogP contribution < -0.4 is 10.6 Å². The Balaban J connectivity index is 1.61. The van der Waals surface area contributed by atoms with Crippen LogP contribution in [0.1, 0.15) is 72.5 Å². The predicted octanol–water partition coefficient (Wildman–Crippen LogP) is 4.38. The first-order chi connectivity index (χ1) is 17.5. The van der Waals surface area contributed by atoms with Gasteiger partial charge in [0.25, 0.3) is 5.91 Å². The van der Waals surface area contributed by atoms with Gasteiger partial charge in [-0.15, -0.1) is 0 Å². The molecule has 8 heteroatoms. The van der Waals surface area contributed by atoms with Gasteiger partial charge in [0.05, 0.1) is 25.6 Å². The Labute approximate surface area is 211 Å². The molecule has 1 aromatic carbocycles. The Morgan fingerprint density at radius 1 is 0.972 bits per heavy atom.